The predicted molar refractivity (Wildman–Crippen MR) is 267 cm³/mol. The van der Waals surface area contributed by atoms with Gasteiger partial charge in [-0.15, -0.1) is 20.5 Å². The minimum Gasteiger partial charge on any atom is -0.339 e. The van der Waals surface area contributed by atoms with Gasteiger partial charge in [-0.1, -0.05) is 83.1 Å². The summed E-state index contributed by atoms with van der Waals surface area (Å²) in [6, 6.07) is 37.3. The van der Waals surface area contributed by atoms with Crippen molar-refractivity contribution in [2.45, 2.75) is 21.6 Å². The van der Waals surface area contributed by atoms with Crippen molar-refractivity contribution in [2.75, 3.05) is 15.4 Å². The third-order valence-electron chi connectivity index (χ3n) is 10.1. The predicted octanol–water partition coefficient (Wildman–Crippen LogP) is 12.9. The van der Waals surface area contributed by atoms with Gasteiger partial charge in [-0.3, -0.25) is 13.8 Å². The number of pyridine rings is 1. The summed E-state index contributed by atoms with van der Waals surface area (Å²) >= 11 is 13.1. The average molecular weight is 1050 g/mol. The number of rotatable bonds is 14. The number of nitriles is 2. The first-order chi connectivity index (χ1) is 33.3. The molecule has 2 heterocycles. The first-order valence-electron chi connectivity index (χ1n) is 19.9. The summed E-state index contributed by atoms with van der Waals surface area (Å²) in [6.07, 6.45) is 0. The molecule has 8 rings (SSSR count). The smallest absolute Gasteiger partial charge is 0.296 e. The van der Waals surface area contributed by atoms with Crippen LogP contribution >= 0.6 is 34.5 Å². The molecule has 0 amide bonds. The van der Waals surface area contributed by atoms with Gasteiger partial charge in [0.15, 0.2) is 16.6 Å². The number of nitrogens with zero attached hydrogens (tertiary/aromatic N) is 7. The van der Waals surface area contributed by atoms with Gasteiger partial charge in [0, 0.05) is 38.6 Å². The van der Waals surface area contributed by atoms with Gasteiger partial charge in [0.25, 0.3) is 30.3 Å². The molecule has 0 atom stereocenters. The molecule has 18 nitrogen and oxygen atoms in total. The van der Waals surface area contributed by atoms with Crippen LogP contribution in [-0.2, 0) is 30.3 Å². The zero-order chi connectivity index (χ0) is 50.0. The van der Waals surface area contributed by atoms with E-state index in [1.165, 1.54) is 54.6 Å². The molecular formula is C46H30Cl2N10O8S4. The van der Waals surface area contributed by atoms with E-state index in [9.17, 15) is 44.9 Å². The maximum atomic E-state index is 13.4. The van der Waals surface area contributed by atoms with Crippen molar-refractivity contribution >= 4 is 126 Å². The van der Waals surface area contributed by atoms with Gasteiger partial charge < -0.3 is 10.6 Å². The molecule has 0 aliphatic carbocycles. The number of aromatic nitrogens is 1. The number of hydrogen-bond donors (Lipinski definition) is 5. The number of fused-ring (bicyclic) bond motifs is 1. The minimum atomic E-state index is -4.74. The maximum Gasteiger partial charge on any atom is 0.296 e. The number of thiophene rings is 1. The molecule has 0 aliphatic heterocycles. The van der Waals surface area contributed by atoms with Gasteiger partial charge in [-0.2, -0.15) is 27.4 Å². The molecule has 0 fully saturated rings. The van der Waals surface area contributed by atoms with E-state index in [2.05, 4.69) is 52.9 Å². The molecule has 0 unspecified atom stereocenters. The minimum absolute atomic E-state index is 0.00715. The van der Waals surface area contributed by atoms with E-state index in [-0.39, 0.29) is 86.8 Å². The number of anilines is 5. The second-order valence-corrected chi connectivity index (χ2v) is 21.0. The van der Waals surface area contributed by atoms with Crippen LogP contribution in [0.25, 0.3) is 21.9 Å². The van der Waals surface area contributed by atoms with Gasteiger partial charge >= 0.3 is 0 Å². The number of azo groups is 2. The highest BCUT2D eigenvalue weighted by Gasteiger charge is 2.24. The lowest BCUT2D eigenvalue weighted by atomic mass is 10.0. The van der Waals surface area contributed by atoms with Crippen LogP contribution in [0, 0.1) is 29.6 Å². The van der Waals surface area contributed by atoms with Crippen LogP contribution in [0.15, 0.2) is 169 Å². The summed E-state index contributed by atoms with van der Waals surface area (Å²) in [6.45, 7) is 1.56. The highest BCUT2D eigenvalue weighted by molar-refractivity contribution is 7.92. The molecule has 0 saturated heterocycles. The molecule has 0 bridgehead atoms. The van der Waals surface area contributed by atoms with Crippen molar-refractivity contribution in [3.05, 3.63) is 160 Å². The fourth-order valence-electron chi connectivity index (χ4n) is 6.91. The Hall–Kier alpha value is -7.64. The number of hydrogen-bond acceptors (Lipinski definition) is 16. The van der Waals surface area contributed by atoms with Gasteiger partial charge in [0.1, 0.15) is 38.2 Å². The summed E-state index contributed by atoms with van der Waals surface area (Å²) in [4.78, 5) is 3.71. The SMILES string of the molecule is Cc1c(C#N)c(Nc2ccc(Cl)c(S(=O)(=O)O)c2)nc(Nc2ccc(Cl)cc2)c1N=Nc1sc(N=Nc2ccc3cccc(S(=O)(=O)O)c3c2)c(-c2cccc(NS(=O)(=O)c3ccccc3)c2)c1C#N. The second kappa shape index (κ2) is 19.8. The lowest BCUT2D eigenvalue weighted by Crippen LogP contribution is -2.12. The summed E-state index contributed by atoms with van der Waals surface area (Å²) in [5.41, 5.74) is 1.49. The molecule has 6 aromatic carbocycles. The fraction of sp³-hybridized carbons (Fsp3) is 0.0217. The van der Waals surface area contributed by atoms with Crippen molar-refractivity contribution < 1.29 is 34.4 Å². The summed E-state index contributed by atoms with van der Waals surface area (Å²) in [7, 11) is -13.4. The van der Waals surface area contributed by atoms with E-state index in [4.69, 9.17) is 23.2 Å². The van der Waals surface area contributed by atoms with Gasteiger partial charge in [-0.05, 0) is 103 Å². The molecule has 0 aliphatic rings. The van der Waals surface area contributed by atoms with E-state index >= 15 is 0 Å². The summed E-state index contributed by atoms with van der Waals surface area (Å²) < 4.78 is 97.5. The van der Waals surface area contributed by atoms with Crippen LogP contribution in [0.1, 0.15) is 16.7 Å². The van der Waals surface area contributed by atoms with Crippen LogP contribution in [0.3, 0.4) is 0 Å². The average Bonchev–Trinajstić information content (AvgIpc) is 3.68. The number of halogens is 2. The molecule has 70 heavy (non-hydrogen) atoms. The number of benzene rings is 6. The topological polar surface area (TPSA) is 289 Å². The Balaban J connectivity index is 1.27. The summed E-state index contributed by atoms with van der Waals surface area (Å²) in [5.74, 6) is -0.0266. The molecular weight excluding hydrogens is 1020 g/mol. The van der Waals surface area contributed by atoms with E-state index in [0.717, 1.165) is 17.4 Å². The number of sulfonamides is 1. The molecule has 2 aromatic heterocycles. The third kappa shape index (κ3) is 10.6. The molecule has 0 saturated carbocycles. The quantitative estimate of drug-likeness (QED) is 0.0501. The first-order valence-corrected chi connectivity index (χ1v) is 25.9. The Morgan fingerprint density at radius 2 is 1.30 bits per heavy atom. The van der Waals surface area contributed by atoms with E-state index in [1.54, 1.807) is 79.7 Å². The molecule has 0 spiro atoms. The van der Waals surface area contributed by atoms with Gasteiger partial charge in [0.2, 0.25) is 0 Å². The molecule has 5 N–H and O–H groups in total. The zero-order valence-corrected chi connectivity index (χ0v) is 40.3. The van der Waals surface area contributed by atoms with E-state index in [0.29, 0.717) is 21.7 Å². The first kappa shape index (κ1) is 48.8. The lowest BCUT2D eigenvalue weighted by Gasteiger charge is -2.16. The van der Waals surface area contributed by atoms with Crippen molar-refractivity contribution in [3.63, 3.8) is 0 Å². The molecule has 24 heteroatoms. The molecule has 8 aromatic rings. The highest BCUT2D eigenvalue weighted by Crippen LogP contribution is 2.49. The van der Waals surface area contributed by atoms with Crippen LogP contribution < -0.4 is 15.4 Å². The Labute approximate surface area is 413 Å². The van der Waals surface area contributed by atoms with Crippen molar-refractivity contribution in [1.29, 1.82) is 10.5 Å². The van der Waals surface area contributed by atoms with Crippen molar-refractivity contribution in [2.24, 2.45) is 20.5 Å². The Kier molecular flexibility index (Phi) is 13.8. The van der Waals surface area contributed by atoms with Crippen LogP contribution in [0.2, 0.25) is 10.0 Å². The second-order valence-electron chi connectivity index (χ2n) is 14.8. The maximum absolute atomic E-state index is 13.4. The van der Waals surface area contributed by atoms with E-state index in [1.807, 2.05) is 0 Å². The third-order valence-corrected chi connectivity index (χ3v) is 15.0. The van der Waals surface area contributed by atoms with Crippen LogP contribution in [0.5, 0.6) is 0 Å². The highest BCUT2D eigenvalue weighted by atomic mass is 35.5. The van der Waals surface area contributed by atoms with Crippen LogP contribution in [-0.4, -0.2) is 39.3 Å². The monoisotopic (exact) mass is 1050 g/mol. The largest absolute Gasteiger partial charge is 0.339 e. The fourth-order valence-corrected chi connectivity index (χ4v) is 10.7. The Morgan fingerprint density at radius 3 is 2.00 bits per heavy atom. The van der Waals surface area contributed by atoms with Gasteiger partial charge in [-0.25, -0.2) is 13.4 Å². The van der Waals surface area contributed by atoms with E-state index < -0.39 is 35.2 Å². The van der Waals surface area contributed by atoms with Crippen LogP contribution in [0.4, 0.5) is 50.1 Å². The van der Waals surface area contributed by atoms with Crippen molar-refractivity contribution in [1.82, 2.24) is 4.98 Å². The standard InChI is InChI=1S/C46H30Cl2N10O8S4/c1-26-36(24-49)43(52-31-19-20-38(48)40(23-31)70(64,65)66)53-44(51-30-17-14-29(47)15-18-30)42(26)55-56-45-37(25-50)41(28-8-5-9-33(21-28)58-68(59,60)34-10-3-2-4-11-34)46(67-45)57-54-32-16-13-27-7-6-12-39(35(27)22-32)69(61,62)63/h2-23,58H,1H3,(H2,51,52,53)(H,61,62,63)(H,64,65,66). The Morgan fingerprint density at radius 1 is 0.629 bits per heavy atom. The lowest BCUT2D eigenvalue weighted by molar-refractivity contribution is 0.481. The Bertz CT molecular complexity index is 3900. The molecule has 350 valence electrons. The number of nitrogens with one attached hydrogen (secondary N) is 3. The zero-order valence-electron chi connectivity index (χ0n) is 35.6. The van der Waals surface area contributed by atoms with Crippen molar-refractivity contribution in [3.8, 4) is 23.3 Å². The summed E-state index contributed by atoms with van der Waals surface area (Å²) in [5, 5.41) is 46.1. The normalized spacial score (nSPS) is 12.0. The van der Waals surface area contributed by atoms with Gasteiger partial charge in [0.05, 0.1) is 21.2 Å². The molecule has 0 radical (unpaired) electrons.